The summed E-state index contributed by atoms with van der Waals surface area (Å²) in [7, 11) is 1.35. The van der Waals surface area contributed by atoms with E-state index in [9.17, 15) is 14.9 Å². The molecule has 0 saturated heterocycles. The maximum Gasteiger partial charge on any atom is 0.311 e. The number of benzene rings is 2. The summed E-state index contributed by atoms with van der Waals surface area (Å²) in [6.07, 6.45) is 1.47. The number of amides is 1. The summed E-state index contributed by atoms with van der Waals surface area (Å²) in [5, 5.41) is 15.4. The number of ether oxygens (including phenoxy) is 1. The number of aromatic nitrogens is 2. The van der Waals surface area contributed by atoms with Gasteiger partial charge in [-0.2, -0.15) is 0 Å². The van der Waals surface area contributed by atoms with Crippen LogP contribution in [0.4, 0.5) is 11.4 Å². The van der Waals surface area contributed by atoms with Gasteiger partial charge in [-0.3, -0.25) is 14.9 Å². The first-order valence-corrected chi connectivity index (χ1v) is 8.93. The Bertz CT molecular complexity index is 1020. The molecule has 0 atom stereocenters. The van der Waals surface area contributed by atoms with Gasteiger partial charge < -0.3 is 10.1 Å². The van der Waals surface area contributed by atoms with Crippen LogP contribution in [-0.4, -0.2) is 33.7 Å². The predicted molar refractivity (Wildman–Crippen MR) is 103 cm³/mol. The molecule has 0 saturated carbocycles. The minimum atomic E-state index is -0.520. The van der Waals surface area contributed by atoms with Gasteiger partial charge in [-0.15, -0.1) is 0 Å². The van der Waals surface area contributed by atoms with E-state index in [1.165, 1.54) is 37.3 Å². The number of nitro groups is 1. The molecule has 0 aliphatic carbocycles. The van der Waals surface area contributed by atoms with Crippen LogP contribution in [0.3, 0.4) is 0 Å². The average molecular weight is 384 g/mol. The largest absolute Gasteiger partial charge is 0.490 e. The number of hydrogen-bond donors (Lipinski definition) is 1. The minimum Gasteiger partial charge on any atom is -0.490 e. The fourth-order valence-electron chi connectivity index (χ4n) is 2.53. The van der Waals surface area contributed by atoms with Gasteiger partial charge in [-0.1, -0.05) is 30.0 Å². The molecule has 0 bridgehead atoms. The van der Waals surface area contributed by atoms with Crippen molar-refractivity contribution in [2.24, 2.45) is 0 Å². The first-order chi connectivity index (χ1) is 13.0. The van der Waals surface area contributed by atoms with Gasteiger partial charge >= 0.3 is 5.69 Å². The van der Waals surface area contributed by atoms with Crippen LogP contribution in [0.5, 0.6) is 5.75 Å². The van der Waals surface area contributed by atoms with Crippen LogP contribution in [0.2, 0.25) is 0 Å². The molecule has 27 heavy (non-hydrogen) atoms. The number of aryl methyl sites for hydroxylation is 1. The van der Waals surface area contributed by atoms with Crippen molar-refractivity contribution in [3.05, 3.63) is 58.4 Å². The normalized spacial score (nSPS) is 10.6. The van der Waals surface area contributed by atoms with Gasteiger partial charge in [0, 0.05) is 23.2 Å². The first-order valence-electron chi connectivity index (χ1n) is 7.95. The van der Waals surface area contributed by atoms with Crippen LogP contribution in [-0.2, 0) is 4.79 Å². The molecule has 9 heteroatoms. The number of nitro benzene ring substituents is 1. The van der Waals surface area contributed by atoms with Crippen molar-refractivity contribution >= 4 is 39.9 Å². The quantitative estimate of drug-likeness (QED) is 0.299. The number of anilines is 1. The van der Waals surface area contributed by atoms with E-state index in [1.54, 1.807) is 6.92 Å². The second-order valence-electron chi connectivity index (χ2n) is 5.63. The fourth-order valence-corrected chi connectivity index (χ4v) is 3.32. The van der Waals surface area contributed by atoms with Crippen LogP contribution in [0, 0.1) is 17.0 Å². The van der Waals surface area contributed by atoms with Crippen molar-refractivity contribution in [2.75, 3.05) is 18.2 Å². The molecule has 138 valence electrons. The Kier molecular flexibility index (Phi) is 5.51. The number of nitrogens with zero attached hydrogens (tertiary/aromatic N) is 3. The molecule has 1 aromatic heterocycles. The van der Waals surface area contributed by atoms with Crippen molar-refractivity contribution < 1.29 is 14.5 Å². The molecule has 0 radical (unpaired) electrons. The van der Waals surface area contributed by atoms with Gasteiger partial charge in [-0.05, 0) is 18.6 Å². The van der Waals surface area contributed by atoms with Gasteiger partial charge in [-0.25, -0.2) is 9.97 Å². The lowest BCUT2D eigenvalue weighted by atomic mass is 10.1. The lowest BCUT2D eigenvalue weighted by molar-refractivity contribution is -0.385. The van der Waals surface area contributed by atoms with Gasteiger partial charge in [0.05, 0.1) is 23.3 Å². The molecular weight excluding hydrogens is 368 g/mol. The number of fused-ring (bicyclic) bond motifs is 1. The molecule has 0 fully saturated rings. The molecule has 3 aromatic rings. The summed E-state index contributed by atoms with van der Waals surface area (Å²) in [5.74, 6) is -0.0169. The van der Waals surface area contributed by atoms with E-state index in [0.29, 0.717) is 16.3 Å². The highest BCUT2D eigenvalue weighted by Gasteiger charge is 2.18. The highest BCUT2D eigenvalue weighted by atomic mass is 32.2. The molecule has 2 aromatic carbocycles. The van der Waals surface area contributed by atoms with E-state index < -0.39 is 4.92 Å². The van der Waals surface area contributed by atoms with E-state index >= 15 is 0 Å². The predicted octanol–water partition coefficient (Wildman–Crippen LogP) is 3.59. The molecule has 0 aliphatic heterocycles. The second-order valence-corrected chi connectivity index (χ2v) is 6.59. The molecular formula is C18H16N4O4S. The summed E-state index contributed by atoms with van der Waals surface area (Å²) in [5.41, 5.74) is 1.71. The maximum atomic E-state index is 12.3. The smallest absolute Gasteiger partial charge is 0.311 e. The van der Waals surface area contributed by atoms with E-state index in [0.717, 1.165) is 10.9 Å². The Labute approximate surface area is 159 Å². The van der Waals surface area contributed by atoms with Gasteiger partial charge in [0.2, 0.25) is 5.91 Å². The van der Waals surface area contributed by atoms with Crippen LogP contribution in [0.1, 0.15) is 5.56 Å². The Balaban J connectivity index is 1.73. The summed E-state index contributed by atoms with van der Waals surface area (Å²) < 4.78 is 5.05. The minimum absolute atomic E-state index is 0.0929. The van der Waals surface area contributed by atoms with Gasteiger partial charge in [0.1, 0.15) is 11.4 Å². The SMILES string of the molecule is COc1cc(NC(=O)CSc2ncnc3ccccc23)c(C)cc1[N+](=O)[O-]. The third-order valence-corrected chi connectivity index (χ3v) is 4.85. The topological polar surface area (TPSA) is 107 Å². The molecule has 1 amide bonds. The number of rotatable bonds is 6. The molecule has 1 heterocycles. The lowest BCUT2D eigenvalue weighted by Gasteiger charge is -2.11. The summed E-state index contributed by atoms with van der Waals surface area (Å²) in [6, 6.07) is 10.4. The van der Waals surface area contributed by atoms with Crippen LogP contribution in [0.15, 0.2) is 47.8 Å². The number of nitrogens with one attached hydrogen (secondary N) is 1. The first kappa shape index (κ1) is 18.6. The third kappa shape index (κ3) is 4.14. The van der Waals surface area contributed by atoms with Crippen LogP contribution in [0.25, 0.3) is 10.9 Å². The van der Waals surface area contributed by atoms with Gasteiger partial charge in [0.15, 0.2) is 5.75 Å². The Morgan fingerprint density at radius 2 is 2.07 bits per heavy atom. The fraction of sp³-hybridized carbons (Fsp3) is 0.167. The van der Waals surface area contributed by atoms with E-state index in [-0.39, 0.29) is 23.1 Å². The zero-order valence-corrected chi connectivity index (χ0v) is 15.4. The van der Waals surface area contributed by atoms with Crippen LogP contribution < -0.4 is 10.1 Å². The monoisotopic (exact) mass is 384 g/mol. The number of hydrogen-bond acceptors (Lipinski definition) is 7. The highest BCUT2D eigenvalue weighted by molar-refractivity contribution is 8.00. The van der Waals surface area contributed by atoms with Crippen molar-refractivity contribution in [3.8, 4) is 5.75 Å². The molecule has 1 N–H and O–H groups in total. The third-order valence-electron chi connectivity index (χ3n) is 3.84. The summed E-state index contributed by atoms with van der Waals surface area (Å²) >= 11 is 1.30. The maximum absolute atomic E-state index is 12.3. The van der Waals surface area contributed by atoms with E-state index in [1.807, 2.05) is 24.3 Å². The molecule has 0 spiro atoms. The van der Waals surface area contributed by atoms with E-state index in [4.69, 9.17) is 4.74 Å². The number of methoxy groups -OCH3 is 1. The number of carbonyl (C=O) groups is 1. The number of para-hydroxylation sites is 1. The van der Waals surface area contributed by atoms with Crippen molar-refractivity contribution in [2.45, 2.75) is 11.9 Å². The Morgan fingerprint density at radius 3 is 2.81 bits per heavy atom. The Hall–Kier alpha value is -3.20. The zero-order valence-electron chi connectivity index (χ0n) is 14.6. The van der Waals surface area contributed by atoms with Crippen molar-refractivity contribution in [1.82, 2.24) is 9.97 Å². The zero-order chi connectivity index (χ0) is 19.4. The van der Waals surface area contributed by atoms with Crippen molar-refractivity contribution in [3.63, 3.8) is 0 Å². The highest BCUT2D eigenvalue weighted by Crippen LogP contribution is 2.33. The van der Waals surface area contributed by atoms with Crippen LogP contribution >= 0.6 is 11.8 Å². The molecule has 0 unspecified atom stereocenters. The standard InChI is InChI=1S/C18H16N4O4S/c1-11-7-15(22(24)25)16(26-2)8-14(11)21-17(23)9-27-18-12-5-3-4-6-13(12)19-10-20-18/h3-8,10H,9H2,1-2H3,(H,21,23). The Morgan fingerprint density at radius 1 is 1.30 bits per heavy atom. The molecule has 0 aliphatic rings. The second kappa shape index (κ2) is 8.00. The molecule has 3 rings (SSSR count). The number of carbonyl (C=O) groups excluding carboxylic acids is 1. The average Bonchev–Trinajstić information content (AvgIpc) is 2.67. The summed E-state index contributed by atoms with van der Waals surface area (Å²) in [6.45, 7) is 1.69. The lowest BCUT2D eigenvalue weighted by Crippen LogP contribution is -2.15. The van der Waals surface area contributed by atoms with Crippen molar-refractivity contribution in [1.29, 1.82) is 0 Å². The molecule has 8 nitrogen and oxygen atoms in total. The van der Waals surface area contributed by atoms with Gasteiger partial charge in [0.25, 0.3) is 0 Å². The summed E-state index contributed by atoms with van der Waals surface area (Å²) in [4.78, 5) is 31.3. The number of thioether (sulfide) groups is 1. The van der Waals surface area contributed by atoms with E-state index in [2.05, 4.69) is 15.3 Å².